The lowest BCUT2D eigenvalue weighted by Crippen LogP contribution is -2.43. The normalized spacial score (nSPS) is 18.1. The lowest BCUT2D eigenvalue weighted by Gasteiger charge is -2.39. The van der Waals surface area contributed by atoms with Gasteiger partial charge in [-0.1, -0.05) is 6.92 Å². The number of nitrogen functional groups attached to an aromatic ring is 1. The summed E-state index contributed by atoms with van der Waals surface area (Å²) in [6.45, 7) is 8.79. The third-order valence-electron chi connectivity index (χ3n) is 3.31. The van der Waals surface area contributed by atoms with Gasteiger partial charge in [0.2, 0.25) is 0 Å². The van der Waals surface area contributed by atoms with Crippen LogP contribution in [0.5, 0.6) is 5.75 Å². The molecule has 1 aromatic rings. The lowest BCUT2D eigenvalue weighted by molar-refractivity contribution is 0.301. The van der Waals surface area contributed by atoms with E-state index in [0.29, 0.717) is 18.0 Å². The quantitative estimate of drug-likeness (QED) is 0.863. The lowest BCUT2D eigenvalue weighted by atomic mass is 10.1. The number of ether oxygens (including phenoxy) is 1. The Morgan fingerprint density at radius 1 is 1.45 bits per heavy atom. The van der Waals surface area contributed by atoms with Crippen LogP contribution >= 0.6 is 11.8 Å². The number of nitrogens with two attached hydrogens (primary N) is 1. The first-order valence-corrected chi connectivity index (χ1v) is 8.02. The smallest absolute Gasteiger partial charge is 0.167 e. The molecule has 2 N–H and O–H groups in total. The molecule has 1 aromatic carbocycles. The Morgan fingerprint density at radius 2 is 2.20 bits per heavy atom. The van der Waals surface area contributed by atoms with Crippen LogP contribution in [0, 0.1) is 5.82 Å². The summed E-state index contributed by atoms with van der Waals surface area (Å²) in [4.78, 5) is 2.23. The highest BCUT2D eigenvalue weighted by Gasteiger charge is 2.28. The molecule has 1 aliphatic heterocycles. The molecular weight excluding hydrogens is 275 g/mol. The van der Waals surface area contributed by atoms with Gasteiger partial charge in [0.1, 0.15) is 0 Å². The van der Waals surface area contributed by atoms with Gasteiger partial charge in [-0.25, -0.2) is 4.39 Å². The summed E-state index contributed by atoms with van der Waals surface area (Å²) < 4.78 is 19.5. The molecule has 20 heavy (non-hydrogen) atoms. The van der Waals surface area contributed by atoms with E-state index in [-0.39, 0.29) is 10.6 Å². The van der Waals surface area contributed by atoms with Crippen LogP contribution in [0.4, 0.5) is 15.8 Å². The zero-order chi connectivity index (χ0) is 14.8. The van der Waals surface area contributed by atoms with Crippen molar-refractivity contribution in [1.29, 1.82) is 0 Å². The summed E-state index contributed by atoms with van der Waals surface area (Å²) in [5, 5.41) is 0. The molecule has 0 spiro atoms. The van der Waals surface area contributed by atoms with Crippen molar-refractivity contribution >= 4 is 23.1 Å². The minimum atomic E-state index is -0.384. The average molecular weight is 298 g/mol. The van der Waals surface area contributed by atoms with Gasteiger partial charge in [-0.3, -0.25) is 0 Å². The molecule has 112 valence electrons. The molecular formula is C15H23FN2OS. The van der Waals surface area contributed by atoms with Crippen molar-refractivity contribution in [2.24, 2.45) is 0 Å². The molecule has 1 heterocycles. The Morgan fingerprint density at radius 3 is 2.85 bits per heavy atom. The van der Waals surface area contributed by atoms with E-state index in [1.54, 1.807) is 6.07 Å². The molecule has 1 saturated heterocycles. The van der Waals surface area contributed by atoms with Gasteiger partial charge < -0.3 is 15.4 Å². The maximum Gasteiger partial charge on any atom is 0.167 e. The largest absolute Gasteiger partial charge is 0.490 e. The average Bonchev–Trinajstić information content (AvgIpc) is 2.36. The first kappa shape index (κ1) is 15.3. The van der Waals surface area contributed by atoms with Crippen molar-refractivity contribution in [3.05, 3.63) is 17.9 Å². The van der Waals surface area contributed by atoms with E-state index in [1.165, 1.54) is 6.07 Å². The standard InChI is InChI=1S/C15H23FN2OS/c1-4-6-19-14-9-13(12(17)8-11(14)16)18-5-7-20-15(2,3)10-18/h8-9H,4-7,10,17H2,1-3H3. The number of benzene rings is 1. The fourth-order valence-corrected chi connectivity index (χ4v) is 3.49. The number of hydrogen-bond acceptors (Lipinski definition) is 4. The molecule has 0 saturated carbocycles. The van der Waals surface area contributed by atoms with E-state index < -0.39 is 0 Å². The molecule has 0 aliphatic carbocycles. The summed E-state index contributed by atoms with van der Waals surface area (Å²) >= 11 is 1.96. The van der Waals surface area contributed by atoms with Crippen LogP contribution in [-0.4, -0.2) is 30.2 Å². The maximum atomic E-state index is 13.8. The van der Waals surface area contributed by atoms with Gasteiger partial charge in [-0.05, 0) is 20.3 Å². The molecule has 0 amide bonds. The summed E-state index contributed by atoms with van der Waals surface area (Å²) in [5.41, 5.74) is 7.36. The molecule has 2 rings (SSSR count). The maximum absolute atomic E-state index is 13.8. The summed E-state index contributed by atoms with van der Waals surface area (Å²) in [6.07, 6.45) is 0.854. The predicted octanol–water partition coefficient (Wildman–Crippen LogP) is 3.53. The van der Waals surface area contributed by atoms with Crippen molar-refractivity contribution < 1.29 is 9.13 Å². The second-order valence-electron chi connectivity index (χ2n) is 5.72. The number of anilines is 2. The van der Waals surface area contributed by atoms with E-state index in [9.17, 15) is 4.39 Å². The highest BCUT2D eigenvalue weighted by atomic mass is 32.2. The summed E-state index contributed by atoms with van der Waals surface area (Å²) in [7, 11) is 0. The number of thioether (sulfide) groups is 1. The molecule has 1 fully saturated rings. The minimum absolute atomic E-state index is 0.184. The summed E-state index contributed by atoms with van der Waals surface area (Å²) in [6, 6.07) is 3.11. The van der Waals surface area contributed by atoms with Crippen LogP contribution in [0.2, 0.25) is 0 Å². The van der Waals surface area contributed by atoms with Gasteiger partial charge in [-0.15, -0.1) is 0 Å². The second kappa shape index (κ2) is 6.12. The van der Waals surface area contributed by atoms with Gasteiger partial charge in [0.25, 0.3) is 0 Å². The number of nitrogens with zero attached hydrogens (tertiary/aromatic N) is 1. The van der Waals surface area contributed by atoms with E-state index in [1.807, 2.05) is 18.7 Å². The topological polar surface area (TPSA) is 38.5 Å². The van der Waals surface area contributed by atoms with Gasteiger partial charge in [0.05, 0.1) is 18.0 Å². The fourth-order valence-electron chi connectivity index (χ4n) is 2.38. The molecule has 0 bridgehead atoms. The molecule has 0 unspecified atom stereocenters. The van der Waals surface area contributed by atoms with E-state index in [0.717, 1.165) is 31.0 Å². The van der Waals surface area contributed by atoms with Crippen LogP contribution in [0.25, 0.3) is 0 Å². The minimum Gasteiger partial charge on any atom is -0.490 e. The van der Waals surface area contributed by atoms with Crippen LogP contribution in [0.3, 0.4) is 0 Å². The van der Waals surface area contributed by atoms with Crippen molar-refractivity contribution in [3.8, 4) is 5.75 Å². The third-order valence-corrected chi connectivity index (χ3v) is 4.61. The third kappa shape index (κ3) is 3.51. The van der Waals surface area contributed by atoms with Crippen molar-refractivity contribution in [1.82, 2.24) is 0 Å². The van der Waals surface area contributed by atoms with Crippen molar-refractivity contribution in [2.45, 2.75) is 31.9 Å². The first-order valence-electron chi connectivity index (χ1n) is 7.03. The fraction of sp³-hybridized carbons (Fsp3) is 0.600. The van der Waals surface area contributed by atoms with Gasteiger partial charge in [0, 0.05) is 35.7 Å². The highest BCUT2D eigenvalue weighted by Crippen LogP contribution is 2.37. The Labute approximate surface area is 124 Å². The number of rotatable bonds is 4. The monoisotopic (exact) mass is 298 g/mol. The van der Waals surface area contributed by atoms with Gasteiger partial charge >= 0.3 is 0 Å². The SMILES string of the molecule is CCCOc1cc(N2CCSC(C)(C)C2)c(N)cc1F. The van der Waals surface area contributed by atoms with Crippen LogP contribution in [-0.2, 0) is 0 Å². The van der Waals surface area contributed by atoms with Crippen LogP contribution in [0.1, 0.15) is 27.2 Å². The Kier molecular flexibility index (Phi) is 4.68. The molecule has 1 aliphatic rings. The zero-order valence-corrected chi connectivity index (χ0v) is 13.2. The Balaban J connectivity index is 2.26. The zero-order valence-electron chi connectivity index (χ0n) is 12.4. The number of halogens is 1. The highest BCUT2D eigenvalue weighted by molar-refractivity contribution is 8.00. The first-order chi connectivity index (χ1) is 9.43. The molecule has 0 atom stereocenters. The molecule has 3 nitrogen and oxygen atoms in total. The molecule has 5 heteroatoms. The van der Waals surface area contributed by atoms with E-state index >= 15 is 0 Å². The van der Waals surface area contributed by atoms with Crippen LogP contribution < -0.4 is 15.4 Å². The van der Waals surface area contributed by atoms with E-state index in [2.05, 4.69) is 18.7 Å². The summed E-state index contributed by atoms with van der Waals surface area (Å²) in [5.74, 6) is 0.965. The van der Waals surface area contributed by atoms with Crippen LogP contribution in [0.15, 0.2) is 12.1 Å². The van der Waals surface area contributed by atoms with Gasteiger partial charge in [0.15, 0.2) is 11.6 Å². The Bertz CT molecular complexity index is 479. The number of hydrogen-bond donors (Lipinski definition) is 1. The van der Waals surface area contributed by atoms with E-state index in [4.69, 9.17) is 10.5 Å². The van der Waals surface area contributed by atoms with Crippen molar-refractivity contribution in [2.75, 3.05) is 36.1 Å². The van der Waals surface area contributed by atoms with Crippen molar-refractivity contribution in [3.63, 3.8) is 0 Å². The molecule has 0 radical (unpaired) electrons. The molecule has 0 aromatic heterocycles. The second-order valence-corrected chi connectivity index (χ2v) is 7.52. The Hall–Kier alpha value is -1.10. The predicted molar refractivity (Wildman–Crippen MR) is 85.3 cm³/mol. The van der Waals surface area contributed by atoms with Gasteiger partial charge in [-0.2, -0.15) is 11.8 Å².